The van der Waals surface area contributed by atoms with Gasteiger partial charge in [0.15, 0.2) is 0 Å². The van der Waals surface area contributed by atoms with Gasteiger partial charge in [-0.2, -0.15) is 0 Å². The van der Waals surface area contributed by atoms with Gasteiger partial charge in [0.1, 0.15) is 5.75 Å². The van der Waals surface area contributed by atoms with Crippen molar-refractivity contribution in [1.82, 2.24) is 15.0 Å². The Hall–Kier alpha value is -3.67. The van der Waals surface area contributed by atoms with Crippen molar-refractivity contribution in [3.8, 4) is 11.4 Å². The molecule has 4 aromatic rings. The summed E-state index contributed by atoms with van der Waals surface area (Å²) in [7, 11) is 0. The SMILES string of the molecule is O=C(CCCOc1cccc2ccccc12)Nc1ccccc1-n1ccnn1. The third-order valence-corrected chi connectivity index (χ3v) is 4.40. The lowest BCUT2D eigenvalue weighted by atomic mass is 10.1. The molecule has 3 aromatic carbocycles. The van der Waals surface area contributed by atoms with Crippen LogP contribution in [0.5, 0.6) is 5.75 Å². The second kappa shape index (κ2) is 8.35. The van der Waals surface area contributed by atoms with E-state index >= 15 is 0 Å². The van der Waals surface area contributed by atoms with Crippen molar-refractivity contribution in [2.45, 2.75) is 12.8 Å². The van der Waals surface area contributed by atoms with Crippen LogP contribution in [0.3, 0.4) is 0 Å². The average molecular weight is 372 g/mol. The van der Waals surface area contributed by atoms with E-state index in [0.29, 0.717) is 25.1 Å². The maximum absolute atomic E-state index is 12.3. The summed E-state index contributed by atoms with van der Waals surface area (Å²) in [6.45, 7) is 0.478. The molecular formula is C22H20N4O2. The molecule has 0 aliphatic rings. The highest BCUT2D eigenvalue weighted by Crippen LogP contribution is 2.25. The van der Waals surface area contributed by atoms with E-state index in [-0.39, 0.29) is 5.91 Å². The quantitative estimate of drug-likeness (QED) is 0.493. The van der Waals surface area contributed by atoms with Gasteiger partial charge in [0.2, 0.25) is 5.91 Å². The average Bonchev–Trinajstić information content (AvgIpc) is 3.26. The minimum absolute atomic E-state index is 0.0610. The summed E-state index contributed by atoms with van der Waals surface area (Å²) >= 11 is 0. The van der Waals surface area contributed by atoms with Crippen molar-refractivity contribution in [3.63, 3.8) is 0 Å². The van der Waals surface area contributed by atoms with Gasteiger partial charge in [0.25, 0.3) is 0 Å². The molecule has 0 radical (unpaired) electrons. The Balaban J connectivity index is 1.32. The number of ether oxygens (including phenoxy) is 1. The number of rotatable bonds is 7. The van der Waals surface area contributed by atoms with E-state index in [9.17, 15) is 4.79 Å². The number of amides is 1. The number of nitrogens with zero attached hydrogens (tertiary/aromatic N) is 3. The maximum atomic E-state index is 12.3. The van der Waals surface area contributed by atoms with Crippen LogP contribution < -0.4 is 10.1 Å². The van der Waals surface area contributed by atoms with Crippen LogP contribution in [-0.4, -0.2) is 27.5 Å². The molecular weight excluding hydrogens is 352 g/mol. The lowest BCUT2D eigenvalue weighted by Crippen LogP contribution is -2.14. The molecule has 1 N–H and O–H groups in total. The fraction of sp³-hybridized carbons (Fsp3) is 0.136. The van der Waals surface area contributed by atoms with E-state index in [0.717, 1.165) is 22.2 Å². The molecule has 6 nitrogen and oxygen atoms in total. The van der Waals surface area contributed by atoms with Crippen molar-refractivity contribution in [3.05, 3.63) is 79.1 Å². The van der Waals surface area contributed by atoms with Crippen LogP contribution in [0.2, 0.25) is 0 Å². The predicted molar refractivity (Wildman–Crippen MR) is 109 cm³/mol. The van der Waals surface area contributed by atoms with Crippen LogP contribution in [0.4, 0.5) is 5.69 Å². The predicted octanol–water partition coefficient (Wildman–Crippen LogP) is 4.22. The van der Waals surface area contributed by atoms with Gasteiger partial charge >= 0.3 is 0 Å². The zero-order valence-corrected chi connectivity index (χ0v) is 15.3. The molecule has 0 unspecified atom stereocenters. The van der Waals surface area contributed by atoms with Crippen molar-refractivity contribution in [2.75, 3.05) is 11.9 Å². The molecule has 1 heterocycles. The summed E-state index contributed by atoms with van der Waals surface area (Å²) in [6.07, 6.45) is 4.34. The lowest BCUT2D eigenvalue weighted by Gasteiger charge is -2.11. The highest BCUT2D eigenvalue weighted by molar-refractivity contribution is 5.92. The van der Waals surface area contributed by atoms with Crippen molar-refractivity contribution >= 4 is 22.4 Å². The standard InChI is InChI=1S/C22H20N4O2/c27-22(24-19-10-3-4-11-20(19)26-15-14-23-25-26)13-6-16-28-21-12-5-8-17-7-1-2-9-18(17)21/h1-5,7-12,14-15H,6,13,16H2,(H,24,27). The van der Waals surface area contributed by atoms with Gasteiger partial charge < -0.3 is 10.1 Å². The molecule has 0 bridgehead atoms. The Kier molecular flexibility index (Phi) is 5.29. The second-order valence-electron chi connectivity index (χ2n) is 6.34. The Bertz CT molecular complexity index is 1070. The highest BCUT2D eigenvalue weighted by Gasteiger charge is 2.09. The Morgan fingerprint density at radius 2 is 1.82 bits per heavy atom. The first-order valence-corrected chi connectivity index (χ1v) is 9.17. The van der Waals surface area contributed by atoms with E-state index in [1.54, 1.807) is 17.1 Å². The third kappa shape index (κ3) is 4.01. The second-order valence-corrected chi connectivity index (χ2v) is 6.34. The van der Waals surface area contributed by atoms with Gasteiger partial charge in [-0.15, -0.1) is 5.10 Å². The maximum Gasteiger partial charge on any atom is 0.224 e. The van der Waals surface area contributed by atoms with E-state index in [1.165, 1.54) is 0 Å². The van der Waals surface area contributed by atoms with Crippen LogP contribution in [0.1, 0.15) is 12.8 Å². The van der Waals surface area contributed by atoms with Crippen molar-refractivity contribution < 1.29 is 9.53 Å². The monoisotopic (exact) mass is 372 g/mol. The summed E-state index contributed by atoms with van der Waals surface area (Å²) in [5.74, 6) is 0.782. The lowest BCUT2D eigenvalue weighted by molar-refractivity contribution is -0.116. The fourth-order valence-electron chi connectivity index (χ4n) is 3.06. The van der Waals surface area contributed by atoms with Gasteiger partial charge in [-0.05, 0) is 30.0 Å². The number of benzene rings is 3. The number of carbonyl (C=O) groups is 1. The molecule has 0 aliphatic carbocycles. The highest BCUT2D eigenvalue weighted by atomic mass is 16.5. The van der Waals surface area contributed by atoms with Gasteiger partial charge in [-0.3, -0.25) is 4.79 Å². The van der Waals surface area contributed by atoms with Crippen LogP contribution in [0.15, 0.2) is 79.1 Å². The number of para-hydroxylation sites is 2. The van der Waals surface area contributed by atoms with Gasteiger partial charge in [-0.1, -0.05) is 53.7 Å². The molecule has 28 heavy (non-hydrogen) atoms. The first kappa shape index (κ1) is 17.7. The molecule has 4 rings (SSSR count). The van der Waals surface area contributed by atoms with E-state index in [4.69, 9.17) is 4.74 Å². The zero-order valence-electron chi connectivity index (χ0n) is 15.3. The van der Waals surface area contributed by atoms with Crippen LogP contribution >= 0.6 is 0 Å². The van der Waals surface area contributed by atoms with Crippen LogP contribution in [0, 0.1) is 0 Å². The van der Waals surface area contributed by atoms with Crippen LogP contribution in [-0.2, 0) is 4.79 Å². The topological polar surface area (TPSA) is 69.0 Å². The van der Waals surface area contributed by atoms with Gasteiger partial charge in [0, 0.05) is 11.8 Å². The molecule has 0 saturated heterocycles. The van der Waals surface area contributed by atoms with Crippen molar-refractivity contribution in [2.24, 2.45) is 0 Å². The number of aromatic nitrogens is 3. The van der Waals surface area contributed by atoms with Gasteiger partial charge in [-0.25, -0.2) is 4.68 Å². The van der Waals surface area contributed by atoms with Gasteiger partial charge in [0.05, 0.1) is 30.4 Å². The first-order chi connectivity index (χ1) is 13.8. The Morgan fingerprint density at radius 3 is 2.71 bits per heavy atom. The Morgan fingerprint density at radius 1 is 1.00 bits per heavy atom. The number of hydrogen-bond acceptors (Lipinski definition) is 4. The summed E-state index contributed by atoms with van der Waals surface area (Å²) in [4.78, 5) is 12.3. The smallest absolute Gasteiger partial charge is 0.224 e. The molecule has 0 aliphatic heterocycles. The largest absolute Gasteiger partial charge is 0.493 e. The fourth-order valence-corrected chi connectivity index (χ4v) is 3.06. The summed E-state index contributed by atoms with van der Waals surface area (Å²) in [6, 6.07) is 21.6. The normalized spacial score (nSPS) is 10.7. The molecule has 6 heteroatoms. The zero-order chi connectivity index (χ0) is 19.2. The first-order valence-electron chi connectivity index (χ1n) is 9.17. The number of hydrogen-bond donors (Lipinski definition) is 1. The molecule has 1 amide bonds. The number of fused-ring (bicyclic) bond motifs is 1. The molecule has 0 fully saturated rings. The summed E-state index contributed by atoms with van der Waals surface area (Å²) in [5.41, 5.74) is 1.48. The summed E-state index contributed by atoms with van der Waals surface area (Å²) < 4.78 is 7.52. The number of carbonyl (C=O) groups excluding carboxylic acids is 1. The molecule has 140 valence electrons. The van der Waals surface area contributed by atoms with E-state index < -0.39 is 0 Å². The number of anilines is 1. The van der Waals surface area contributed by atoms with E-state index in [2.05, 4.69) is 27.8 Å². The molecule has 1 aromatic heterocycles. The third-order valence-electron chi connectivity index (χ3n) is 4.40. The summed E-state index contributed by atoms with van der Waals surface area (Å²) in [5, 5.41) is 13.0. The van der Waals surface area contributed by atoms with Crippen molar-refractivity contribution in [1.29, 1.82) is 0 Å². The minimum Gasteiger partial charge on any atom is -0.493 e. The molecule has 0 spiro atoms. The van der Waals surface area contributed by atoms with Crippen LogP contribution in [0.25, 0.3) is 16.5 Å². The number of nitrogens with one attached hydrogen (secondary N) is 1. The molecule has 0 atom stereocenters. The van der Waals surface area contributed by atoms with E-state index in [1.807, 2.05) is 54.6 Å². The minimum atomic E-state index is -0.0610. The Labute approximate surface area is 162 Å². The molecule has 0 saturated carbocycles.